The molecule has 4 N–H and O–H groups in total. The van der Waals surface area contributed by atoms with Gasteiger partial charge in [-0.05, 0) is 19.1 Å². The third kappa shape index (κ3) is 3.38. The van der Waals surface area contributed by atoms with Gasteiger partial charge in [0.05, 0.1) is 5.56 Å². The van der Waals surface area contributed by atoms with Gasteiger partial charge in [-0.3, -0.25) is 4.79 Å². The molecule has 1 aromatic rings. The van der Waals surface area contributed by atoms with Gasteiger partial charge in [0.15, 0.2) is 0 Å². The van der Waals surface area contributed by atoms with E-state index in [9.17, 15) is 9.90 Å². The summed E-state index contributed by atoms with van der Waals surface area (Å²) in [5.41, 5.74) is 5.61. The third-order valence-electron chi connectivity index (χ3n) is 2.57. The van der Waals surface area contributed by atoms with Gasteiger partial charge in [0.1, 0.15) is 11.6 Å². The standard InChI is InChI=1S/C12H17N3O3/c1-2-15(8-7-11(13)14-18)12(17)9-5-3-4-6-10(9)16/h3-6,16,18H,2,7-8H2,1H3,(H2,13,14). The van der Waals surface area contributed by atoms with Gasteiger partial charge in [0.2, 0.25) is 0 Å². The summed E-state index contributed by atoms with van der Waals surface area (Å²) in [5.74, 6) is -0.260. The van der Waals surface area contributed by atoms with E-state index in [0.717, 1.165) is 0 Å². The molecule has 6 heteroatoms. The van der Waals surface area contributed by atoms with Crippen LogP contribution in [-0.2, 0) is 0 Å². The smallest absolute Gasteiger partial charge is 0.257 e. The molecule has 6 nitrogen and oxygen atoms in total. The number of nitrogens with two attached hydrogens (primary N) is 1. The number of phenolic OH excluding ortho intramolecular Hbond substituents is 1. The molecule has 1 amide bonds. The summed E-state index contributed by atoms with van der Waals surface area (Å²) in [6.45, 7) is 2.63. The molecule has 0 bridgehead atoms. The van der Waals surface area contributed by atoms with Crippen LogP contribution < -0.4 is 5.73 Å². The Balaban J connectivity index is 2.77. The van der Waals surface area contributed by atoms with Gasteiger partial charge in [0, 0.05) is 19.5 Å². The van der Waals surface area contributed by atoms with Crippen molar-refractivity contribution in [1.82, 2.24) is 4.90 Å². The van der Waals surface area contributed by atoms with E-state index >= 15 is 0 Å². The predicted molar refractivity (Wildman–Crippen MR) is 67.7 cm³/mol. The predicted octanol–water partition coefficient (Wildman–Crippen LogP) is 0.991. The molecule has 0 saturated carbocycles. The number of benzene rings is 1. The van der Waals surface area contributed by atoms with Gasteiger partial charge >= 0.3 is 0 Å². The first-order chi connectivity index (χ1) is 8.60. The van der Waals surface area contributed by atoms with Gasteiger partial charge in [-0.15, -0.1) is 0 Å². The van der Waals surface area contributed by atoms with Crippen LogP contribution in [0.3, 0.4) is 0 Å². The fourth-order valence-corrected chi connectivity index (χ4v) is 1.53. The van der Waals surface area contributed by atoms with Gasteiger partial charge in [-0.1, -0.05) is 17.3 Å². The van der Waals surface area contributed by atoms with Gasteiger partial charge in [0.25, 0.3) is 5.91 Å². The lowest BCUT2D eigenvalue weighted by molar-refractivity contribution is 0.0765. The first-order valence-electron chi connectivity index (χ1n) is 5.63. The van der Waals surface area contributed by atoms with E-state index in [1.54, 1.807) is 18.2 Å². The maximum absolute atomic E-state index is 12.1. The van der Waals surface area contributed by atoms with Crippen molar-refractivity contribution >= 4 is 11.7 Å². The second-order valence-corrected chi connectivity index (χ2v) is 3.74. The summed E-state index contributed by atoms with van der Waals surface area (Å²) in [6, 6.07) is 6.36. The molecule has 0 aliphatic heterocycles. The number of oxime groups is 1. The van der Waals surface area contributed by atoms with E-state index in [4.69, 9.17) is 10.9 Å². The normalized spacial score (nSPS) is 11.3. The lowest BCUT2D eigenvalue weighted by Crippen LogP contribution is -2.34. The largest absolute Gasteiger partial charge is 0.507 e. The number of hydrogen-bond donors (Lipinski definition) is 3. The summed E-state index contributed by atoms with van der Waals surface area (Å²) in [4.78, 5) is 13.6. The summed E-state index contributed by atoms with van der Waals surface area (Å²) in [5, 5.41) is 20.9. The molecular formula is C12H17N3O3. The molecule has 0 aliphatic carbocycles. The van der Waals surface area contributed by atoms with Crippen LogP contribution in [0.25, 0.3) is 0 Å². The Morgan fingerprint density at radius 2 is 2.11 bits per heavy atom. The van der Waals surface area contributed by atoms with Crippen molar-refractivity contribution in [3.8, 4) is 5.75 Å². The number of phenols is 1. The SMILES string of the molecule is CCN(CCC(N)=NO)C(=O)c1ccccc1O. The molecule has 0 spiro atoms. The van der Waals surface area contributed by atoms with Crippen LogP contribution in [0, 0.1) is 0 Å². The summed E-state index contributed by atoms with van der Waals surface area (Å²) in [6.07, 6.45) is 0.281. The number of para-hydroxylation sites is 1. The number of amidine groups is 1. The quantitative estimate of drug-likeness (QED) is 0.314. The molecule has 0 heterocycles. The second-order valence-electron chi connectivity index (χ2n) is 3.74. The average Bonchev–Trinajstić information content (AvgIpc) is 2.39. The van der Waals surface area contributed by atoms with Crippen LogP contribution >= 0.6 is 0 Å². The zero-order valence-electron chi connectivity index (χ0n) is 10.2. The molecule has 1 rings (SSSR count). The van der Waals surface area contributed by atoms with Crippen molar-refractivity contribution in [3.63, 3.8) is 0 Å². The number of amides is 1. The van der Waals surface area contributed by atoms with E-state index in [1.807, 2.05) is 6.92 Å². The van der Waals surface area contributed by atoms with Crippen molar-refractivity contribution in [2.45, 2.75) is 13.3 Å². The minimum absolute atomic E-state index is 0.0512. The molecule has 0 saturated heterocycles. The monoisotopic (exact) mass is 251 g/mol. The molecular weight excluding hydrogens is 234 g/mol. The van der Waals surface area contributed by atoms with Crippen LogP contribution in [0.2, 0.25) is 0 Å². The number of carbonyl (C=O) groups excluding carboxylic acids is 1. The van der Waals surface area contributed by atoms with Crippen molar-refractivity contribution in [1.29, 1.82) is 0 Å². The van der Waals surface area contributed by atoms with E-state index in [2.05, 4.69) is 5.16 Å². The molecule has 1 aromatic carbocycles. The number of carbonyl (C=O) groups is 1. The fourth-order valence-electron chi connectivity index (χ4n) is 1.53. The van der Waals surface area contributed by atoms with Crippen LogP contribution in [-0.4, -0.2) is 40.0 Å². The van der Waals surface area contributed by atoms with E-state index in [-0.39, 0.29) is 29.5 Å². The number of rotatable bonds is 5. The summed E-state index contributed by atoms with van der Waals surface area (Å²) >= 11 is 0. The maximum Gasteiger partial charge on any atom is 0.257 e. The molecule has 18 heavy (non-hydrogen) atoms. The highest BCUT2D eigenvalue weighted by Gasteiger charge is 2.17. The van der Waals surface area contributed by atoms with Gasteiger partial charge in [-0.25, -0.2) is 0 Å². The van der Waals surface area contributed by atoms with Crippen molar-refractivity contribution in [2.24, 2.45) is 10.9 Å². The molecule has 0 unspecified atom stereocenters. The van der Waals surface area contributed by atoms with Gasteiger partial charge < -0.3 is 20.9 Å². The first kappa shape index (κ1) is 13.8. The van der Waals surface area contributed by atoms with E-state index in [1.165, 1.54) is 11.0 Å². The second kappa shape index (κ2) is 6.48. The number of aromatic hydroxyl groups is 1. The molecule has 0 radical (unpaired) electrons. The maximum atomic E-state index is 12.1. The topological polar surface area (TPSA) is 99.1 Å². The lowest BCUT2D eigenvalue weighted by Gasteiger charge is -2.20. The Kier molecular flexibility index (Phi) is 4.98. The first-order valence-corrected chi connectivity index (χ1v) is 5.63. The van der Waals surface area contributed by atoms with Crippen LogP contribution in [0.5, 0.6) is 5.75 Å². The zero-order valence-corrected chi connectivity index (χ0v) is 10.2. The van der Waals surface area contributed by atoms with E-state index < -0.39 is 0 Å². The summed E-state index contributed by atoms with van der Waals surface area (Å²) < 4.78 is 0. The Labute approximate surface area is 105 Å². The van der Waals surface area contributed by atoms with Crippen molar-refractivity contribution in [3.05, 3.63) is 29.8 Å². The Bertz CT molecular complexity index is 446. The summed E-state index contributed by atoms with van der Waals surface area (Å²) in [7, 11) is 0. The Hall–Kier alpha value is -2.24. The number of hydrogen-bond acceptors (Lipinski definition) is 4. The Morgan fingerprint density at radius 3 is 2.67 bits per heavy atom. The lowest BCUT2D eigenvalue weighted by atomic mass is 10.1. The average molecular weight is 251 g/mol. The van der Waals surface area contributed by atoms with Crippen molar-refractivity contribution < 1.29 is 15.1 Å². The third-order valence-corrected chi connectivity index (χ3v) is 2.57. The minimum atomic E-state index is -0.277. The highest BCUT2D eigenvalue weighted by atomic mass is 16.4. The highest BCUT2D eigenvalue weighted by Crippen LogP contribution is 2.17. The van der Waals surface area contributed by atoms with Crippen LogP contribution in [0.4, 0.5) is 0 Å². The molecule has 0 aromatic heterocycles. The van der Waals surface area contributed by atoms with Crippen LogP contribution in [0.15, 0.2) is 29.4 Å². The van der Waals surface area contributed by atoms with Crippen LogP contribution in [0.1, 0.15) is 23.7 Å². The zero-order chi connectivity index (χ0) is 13.5. The number of nitrogens with zero attached hydrogens (tertiary/aromatic N) is 2. The fraction of sp³-hybridized carbons (Fsp3) is 0.333. The highest BCUT2D eigenvalue weighted by molar-refractivity contribution is 5.97. The molecule has 0 aliphatic rings. The molecule has 0 atom stereocenters. The molecule has 0 fully saturated rings. The van der Waals surface area contributed by atoms with E-state index in [0.29, 0.717) is 13.1 Å². The minimum Gasteiger partial charge on any atom is -0.507 e. The Morgan fingerprint density at radius 1 is 1.44 bits per heavy atom. The van der Waals surface area contributed by atoms with Gasteiger partial charge in [-0.2, -0.15) is 0 Å². The van der Waals surface area contributed by atoms with Crippen molar-refractivity contribution in [2.75, 3.05) is 13.1 Å². The molecule has 98 valence electrons.